The van der Waals surface area contributed by atoms with Crippen molar-refractivity contribution in [2.45, 2.75) is 25.0 Å². The molecule has 2 amide bonds. The zero-order valence-corrected chi connectivity index (χ0v) is 10.2. The lowest BCUT2D eigenvalue weighted by atomic mass is 10.1. The van der Waals surface area contributed by atoms with Crippen molar-refractivity contribution < 1.29 is 19.8 Å². The van der Waals surface area contributed by atoms with Crippen molar-refractivity contribution in [2.24, 2.45) is 0 Å². The minimum absolute atomic E-state index is 0.251. The lowest BCUT2D eigenvalue weighted by Crippen LogP contribution is -2.55. The van der Waals surface area contributed by atoms with E-state index in [1.54, 1.807) is 4.90 Å². The van der Waals surface area contributed by atoms with E-state index < -0.39 is 12.1 Å². The van der Waals surface area contributed by atoms with Crippen molar-refractivity contribution >= 4 is 12.0 Å². The van der Waals surface area contributed by atoms with E-state index in [0.717, 1.165) is 19.5 Å². The van der Waals surface area contributed by atoms with Crippen LogP contribution in [0, 0.1) is 0 Å². The van der Waals surface area contributed by atoms with Crippen molar-refractivity contribution in [3.05, 3.63) is 0 Å². The van der Waals surface area contributed by atoms with Crippen LogP contribution in [0.2, 0.25) is 0 Å². The Labute approximate surface area is 105 Å². The molecule has 0 aromatic rings. The second-order valence-corrected chi connectivity index (χ2v) is 4.82. The van der Waals surface area contributed by atoms with E-state index in [2.05, 4.69) is 10.2 Å². The van der Waals surface area contributed by atoms with Crippen LogP contribution in [0.4, 0.5) is 4.79 Å². The summed E-state index contributed by atoms with van der Waals surface area (Å²) in [5, 5.41) is 20.0. The molecule has 2 fully saturated rings. The van der Waals surface area contributed by atoms with Gasteiger partial charge in [-0.3, -0.25) is 4.90 Å². The number of hydrogen-bond acceptors (Lipinski definition) is 4. The largest absolute Gasteiger partial charge is 0.479 e. The van der Waals surface area contributed by atoms with Crippen molar-refractivity contribution in [3.63, 3.8) is 0 Å². The van der Waals surface area contributed by atoms with Gasteiger partial charge in [0.2, 0.25) is 0 Å². The van der Waals surface area contributed by atoms with Gasteiger partial charge in [0.05, 0.1) is 6.54 Å². The number of aliphatic carboxylic acids is 1. The molecule has 0 spiro atoms. The molecule has 7 heteroatoms. The number of carboxylic acids is 1. The van der Waals surface area contributed by atoms with E-state index in [0.29, 0.717) is 19.1 Å². The number of carboxylic acid groups (broad SMARTS) is 1. The van der Waals surface area contributed by atoms with E-state index in [-0.39, 0.29) is 12.6 Å². The minimum atomic E-state index is -1.54. The number of carbonyl (C=O) groups excluding carboxylic acids is 1. The molecule has 0 aliphatic carbocycles. The first-order valence-electron chi connectivity index (χ1n) is 6.25. The van der Waals surface area contributed by atoms with Gasteiger partial charge in [-0.1, -0.05) is 0 Å². The van der Waals surface area contributed by atoms with Crippen molar-refractivity contribution in [1.29, 1.82) is 0 Å². The number of aliphatic hydroxyl groups is 1. The van der Waals surface area contributed by atoms with E-state index in [1.807, 2.05) is 0 Å². The third-order valence-corrected chi connectivity index (χ3v) is 3.61. The van der Waals surface area contributed by atoms with Crippen LogP contribution in [-0.2, 0) is 4.79 Å². The van der Waals surface area contributed by atoms with E-state index in [4.69, 9.17) is 10.2 Å². The normalized spacial score (nSPS) is 25.6. The van der Waals surface area contributed by atoms with Gasteiger partial charge in [-0.05, 0) is 19.4 Å². The Hall–Kier alpha value is -1.34. The van der Waals surface area contributed by atoms with Gasteiger partial charge in [-0.15, -0.1) is 0 Å². The van der Waals surface area contributed by atoms with Crippen molar-refractivity contribution in [3.8, 4) is 0 Å². The average molecular weight is 257 g/mol. The summed E-state index contributed by atoms with van der Waals surface area (Å²) in [5.41, 5.74) is 0. The lowest BCUT2D eigenvalue weighted by molar-refractivity contribution is -0.146. The number of nitrogens with one attached hydrogen (secondary N) is 1. The number of hydrogen-bond donors (Lipinski definition) is 3. The maximum Gasteiger partial charge on any atom is 0.334 e. The molecule has 0 bridgehead atoms. The molecule has 2 aliphatic rings. The van der Waals surface area contributed by atoms with E-state index >= 15 is 0 Å². The number of carbonyl (C=O) groups is 2. The number of fused-ring (bicyclic) bond motifs is 1. The highest BCUT2D eigenvalue weighted by Gasteiger charge is 2.32. The summed E-state index contributed by atoms with van der Waals surface area (Å²) in [6.07, 6.45) is 0.751. The Kier molecular flexibility index (Phi) is 4.03. The predicted molar refractivity (Wildman–Crippen MR) is 63.2 cm³/mol. The SMILES string of the molecule is O=C(O)C(O)CNC(=O)N1CCN2CCCC2C1. The molecule has 0 saturated carbocycles. The fourth-order valence-corrected chi connectivity index (χ4v) is 2.56. The van der Waals surface area contributed by atoms with Crippen molar-refractivity contribution in [1.82, 2.24) is 15.1 Å². The number of amides is 2. The van der Waals surface area contributed by atoms with Gasteiger partial charge in [-0.2, -0.15) is 0 Å². The first-order chi connectivity index (χ1) is 8.58. The van der Waals surface area contributed by atoms with Crippen LogP contribution in [0.1, 0.15) is 12.8 Å². The fourth-order valence-electron chi connectivity index (χ4n) is 2.56. The van der Waals surface area contributed by atoms with Crippen LogP contribution < -0.4 is 5.32 Å². The Bertz CT molecular complexity index is 336. The highest BCUT2D eigenvalue weighted by molar-refractivity contribution is 5.77. The third kappa shape index (κ3) is 2.91. The second kappa shape index (κ2) is 5.53. The molecule has 7 nitrogen and oxygen atoms in total. The van der Waals surface area contributed by atoms with Gasteiger partial charge in [-0.25, -0.2) is 9.59 Å². The molecule has 18 heavy (non-hydrogen) atoms. The smallest absolute Gasteiger partial charge is 0.334 e. The highest BCUT2D eigenvalue weighted by Crippen LogP contribution is 2.21. The van der Waals surface area contributed by atoms with E-state index in [1.165, 1.54) is 6.42 Å². The summed E-state index contributed by atoms with van der Waals surface area (Å²) in [4.78, 5) is 26.3. The maximum atomic E-state index is 11.8. The topological polar surface area (TPSA) is 93.1 Å². The number of rotatable bonds is 3. The van der Waals surface area contributed by atoms with Crippen LogP contribution in [-0.4, -0.2) is 76.9 Å². The molecule has 2 heterocycles. The first kappa shape index (κ1) is 13.1. The molecule has 2 unspecified atom stereocenters. The molecule has 2 atom stereocenters. The molecule has 2 saturated heterocycles. The van der Waals surface area contributed by atoms with Gasteiger partial charge in [0.25, 0.3) is 0 Å². The van der Waals surface area contributed by atoms with Gasteiger partial charge in [0, 0.05) is 25.7 Å². The van der Waals surface area contributed by atoms with Gasteiger partial charge < -0.3 is 20.4 Å². The van der Waals surface area contributed by atoms with Crippen LogP contribution in [0.25, 0.3) is 0 Å². The molecule has 2 aliphatic heterocycles. The summed E-state index contributed by atoms with van der Waals surface area (Å²) in [5.74, 6) is -1.32. The zero-order valence-electron chi connectivity index (χ0n) is 10.2. The number of aliphatic hydroxyl groups excluding tert-OH is 1. The Morgan fingerprint density at radius 2 is 2.11 bits per heavy atom. The second-order valence-electron chi connectivity index (χ2n) is 4.82. The molecule has 0 aromatic heterocycles. The van der Waals surface area contributed by atoms with Crippen LogP contribution in [0.5, 0.6) is 0 Å². The van der Waals surface area contributed by atoms with Crippen LogP contribution in [0.3, 0.4) is 0 Å². The molecular weight excluding hydrogens is 238 g/mol. The highest BCUT2D eigenvalue weighted by atomic mass is 16.4. The Morgan fingerprint density at radius 1 is 1.33 bits per heavy atom. The lowest BCUT2D eigenvalue weighted by Gasteiger charge is -2.37. The summed E-state index contributed by atoms with van der Waals surface area (Å²) in [7, 11) is 0. The Morgan fingerprint density at radius 3 is 2.83 bits per heavy atom. The molecular formula is C11H19N3O4. The number of piperazine rings is 1. The van der Waals surface area contributed by atoms with Gasteiger partial charge >= 0.3 is 12.0 Å². The van der Waals surface area contributed by atoms with Gasteiger partial charge in [0.1, 0.15) is 0 Å². The average Bonchev–Trinajstić information content (AvgIpc) is 2.82. The van der Waals surface area contributed by atoms with E-state index in [9.17, 15) is 9.59 Å². The molecule has 102 valence electrons. The molecule has 3 N–H and O–H groups in total. The molecule has 0 radical (unpaired) electrons. The quantitative estimate of drug-likeness (QED) is 0.598. The van der Waals surface area contributed by atoms with Crippen molar-refractivity contribution in [2.75, 3.05) is 32.7 Å². The Balaban J connectivity index is 1.77. The fraction of sp³-hybridized carbons (Fsp3) is 0.818. The summed E-state index contributed by atoms with van der Waals surface area (Å²) in [6.45, 7) is 3.08. The maximum absolute atomic E-state index is 11.8. The number of nitrogens with zero attached hydrogens (tertiary/aromatic N) is 2. The molecule has 0 aromatic carbocycles. The third-order valence-electron chi connectivity index (χ3n) is 3.61. The van der Waals surface area contributed by atoms with Crippen LogP contribution in [0.15, 0.2) is 0 Å². The summed E-state index contributed by atoms with van der Waals surface area (Å²) < 4.78 is 0. The van der Waals surface area contributed by atoms with Crippen LogP contribution >= 0.6 is 0 Å². The first-order valence-corrected chi connectivity index (χ1v) is 6.25. The van der Waals surface area contributed by atoms with Gasteiger partial charge in [0.15, 0.2) is 6.10 Å². The summed E-state index contributed by atoms with van der Waals surface area (Å²) in [6, 6.07) is 0.149. The number of urea groups is 1. The zero-order chi connectivity index (χ0) is 13.1. The predicted octanol–water partition coefficient (Wildman–Crippen LogP) is -1.08. The minimum Gasteiger partial charge on any atom is -0.479 e. The standard InChI is InChI=1S/C11H19N3O4/c15-9(10(16)17)6-12-11(18)14-5-4-13-3-1-2-8(13)7-14/h8-9,15H,1-7H2,(H,12,18)(H,16,17). The monoisotopic (exact) mass is 257 g/mol. The molecule has 2 rings (SSSR count). The summed E-state index contributed by atoms with van der Waals surface area (Å²) >= 11 is 0.